The summed E-state index contributed by atoms with van der Waals surface area (Å²) in [6.07, 6.45) is 2.12. The molecule has 1 aliphatic carbocycles. The average Bonchev–Trinajstić information content (AvgIpc) is 3.62. The fourth-order valence-corrected chi connectivity index (χ4v) is 5.71. The average molecular weight is 590 g/mol. The molecular formula is C30H36BFN6O5. The number of hydrogen-bond donors (Lipinski definition) is 3. The summed E-state index contributed by atoms with van der Waals surface area (Å²) in [6.45, 7) is 5.53. The summed E-state index contributed by atoms with van der Waals surface area (Å²) < 4.78 is 23.2. The predicted octanol–water partition coefficient (Wildman–Crippen LogP) is 2.54. The fourth-order valence-electron chi connectivity index (χ4n) is 5.71. The van der Waals surface area contributed by atoms with Crippen LogP contribution in [0.3, 0.4) is 0 Å². The van der Waals surface area contributed by atoms with Crippen molar-refractivity contribution in [3.63, 3.8) is 0 Å². The van der Waals surface area contributed by atoms with Crippen molar-refractivity contribution in [3.05, 3.63) is 41.5 Å². The minimum absolute atomic E-state index is 0.0261. The third-order valence-corrected chi connectivity index (χ3v) is 8.02. The van der Waals surface area contributed by atoms with Gasteiger partial charge in [-0.2, -0.15) is 0 Å². The first-order valence-corrected chi connectivity index (χ1v) is 14.6. The van der Waals surface area contributed by atoms with E-state index in [1.165, 1.54) is 0 Å². The number of benzene rings is 1. The summed E-state index contributed by atoms with van der Waals surface area (Å²) in [6, 6.07) is 8.35. The minimum Gasteiger partial charge on any atom is -0.444 e. The number of alkyl carbamates (subject to hydrolysis) is 1. The lowest BCUT2D eigenvalue weighted by molar-refractivity contribution is 0.0466. The number of aromatic nitrogens is 4. The highest BCUT2D eigenvalue weighted by atomic mass is 19.1. The summed E-state index contributed by atoms with van der Waals surface area (Å²) in [4.78, 5) is 36.8. The number of hydrogen-bond acceptors (Lipinski definition) is 7. The molecule has 0 radical (unpaired) electrons. The van der Waals surface area contributed by atoms with Crippen LogP contribution >= 0.6 is 0 Å². The maximum atomic E-state index is 13.8. The van der Waals surface area contributed by atoms with Crippen LogP contribution < -0.4 is 10.9 Å². The zero-order chi connectivity index (χ0) is 30.6. The molecule has 3 aromatic heterocycles. The lowest BCUT2D eigenvalue weighted by atomic mass is 9.85. The van der Waals surface area contributed by atoms with Gasteiger partial charge in [-0.1, -0.05) is 6.07 Å². The van der Waals surface area contributed by atoms with Crippen LogP contribution in [0.15, 0.2) is 30.3 Å². The van der Waals surface area contributed by atoms with Crippen LogP contribution in [0.1, 0.15) is 49.5 Å². The quantitative estimate of drug-likeness (QED) is 0.269. The van der Waals surface area contributed by atoms with Gasteiger partial charge in [-0.25, -0.2) is 19.2 Å². The van der Waals surface area contributed by atoms with E-state index in [1.54, 1.807) is 37.8 Å². The Morgan fingerprint density at radius 1 is 1.21 bits per heavy atom. The van der Waals surface area contributed by atoms with Crippen molar-refractivity contribution >= 4 is 46.8 Å². The minimum atomic E-state index is -1.66. The molecule has 6 rings (SSSR count). The zero-order valence-corrected chi connectivity index (χ0v) is 24.8. The van der Waals surface area contributed by atoms with Crippen LogP contribution in [0.25, 0.3) is 33.6 Å². The van der Waals surface area contributed by atoms with Crippen LogP contribution in [0.2, 0.25) is 0 Å². The van der Waals surface area contributed by atoms with Crippen LogP contribution in [0.4, 0.5) is 9.18 Å². The van der Waals surface area contributed by atoms with Gasteiger partial charge in [0.15, 0.2) is 5.82 Å². The second-order valence-corrected chi connectivity index (χ2v) is 12.6. The van der Waals surface area contributed by atoms with Crippen LogP contribution in [-0.2, 0) is 24.8 Å². The SMILES string of the molecule is Cn1c(-c2cc3ccc(B(O)O)nc3n2CC2CC2)nc2cc3c(cc21)CCN(C[C@@H](CF)NC(=O)OC(C)(C)C)C3=O. The van der Waals surface area contributed by atoms with Crippen LogP contribution in [0.5, 0.6) is 0 Å². The number of halogens is 1. The third-order valence-electron chi connectivity index (χ3n) is 8.02. The molecule has 43 heavy (non-hydrogen) atoms. The lowest BCUT2D eigenvalue weighted by Gasteiger charge is -2.31. The van der Waals surface area contributed by atoms with Gasteiger partial charge >= 0.3 is 13.2 Å². The Morgan fingerprint density at radius 3 is 2.65 bits per heavy atom. The molecule has 2 amide bonds. The van der Waals surface area contributed by atoms with Gasteiger partial charge in [0.05, 0.1) is 28.4 Å². The molecule has 4 aromatic rings. The first kappa shape index (κ1) is 29.1. The standard InChI is InChI=1S/C30H36BFN6O5/c1-30(2,3)43-29(40)33-20(14-32)16-37-10-9-18-11-23-22(13-21(18)28(37)39)34-27(36(23)4)24-12-19-7-8-25(31(41)42)35-26(19)38(24)15-17-5-6-17/h7-8,11-13,17,20,41-42H,5-6,9-10,14-16H2,1-4H3,(H,33,40)/t20-/m1/s1. The Bertz CT molecular complexity index is 1720. The van der Waals surface area contributed by atoms with Crippen molar-refractivity contribution in [1.29, 1.82) is 0 Å². The van der Waals surface area contributed by atoms with Crippen molar-refractivity contribution in [2.24, 2.45) is 13.0 Å². The van der Waals surface area contributed by atoms with Gasteiger partial charge in [0, 0.05) is 37.6 Å². The number of rotatable bonds is 8. The van der Waals surface area contributed by atoms with Crippen LogP contribution in [0, 0.1) is 5.92 Å². The Kier molecular flexibility index (Phi) is 7.41. The number of ether oxygens (including phenoxy) is 1. The molecule has 1 saturated carbocycles. The van der Waals surface area contributed by atoms with Gasteiger partial charge < -0.3 is 34.1 Å². The Morgan fingerprint density at radius 2 is 1.98 bits per heavy atom. The maximum absolute atomic E-state index is 13.8. The van der Waals surface area contributed by atoms with Crippen molar-refractivity contribution < 1.29 is 28.8 Å². The number of amides is 2. The van der Waals surface area contributed by atoms with Crippen molar-refractivity contribution in [2.45, 2.75) is 58.2 Å². The summed E-state index contributed by atoms with van der Waals surface area (Å²) in [5, 5.41) is 22.8. The number of pyridine rings is 1. The molecule has 11 nitrogen and oxygen atoms in total. The molecule has 1 atom stereocenters. The third kappa shape index (κ3) is 5.83. The molecule has 1 aromatic carbocycles. The van der Waals surface area contributed by atoms with E-state index in [-0.39, 0.29) is 18.0 Å². The highest BCUT2D eigenvalue weighted by molar-refractivity contribution is 6.57. The number of fused-ring (bicyclic) bond motifs is 3. The summed E-state index contributed by atoms with van der Waals surface area (Å²) in [5.41, 5.74) is 3.95. The highest BCUT2D eigenvalue weighted by Crippen LogP contribution is 2.36. The van der Waals surface area contributed by atoms with Gasteiger partial charge in [0.1, 0.15) is 17.9 Å². The van der Waals surface area contributed by atoms with E-state index >= 15 is 0 Å². The molecule has 3 N–H and O–H groups in total. The van der Waals surface area contributed by atoms with E-state index in [0.717, 1.165) is 41.5 Å². The molecular weight excluding hydrogens is 554 g/mol. The maximum Gasteiger partial charge on any atom is 0.508 e. The van der Waals surface area contributed by atoms with Gasteiger partial charge in [-0.05, 0) is 75.8 Å². The number of carbonyl (C=O) groups is 2. The monoisotopic (exact) mass is 590 g/mol. The number of imidazole rings is 1. The molecule has 4 heterocycles. The normalized spacial score (nSPS) is 16.1. The summed E-state index contributed by atoms with van der Waals surface area (Å²) >= 11 is 0. The number of aryl methyl sites for hydroxylation is 1. The second kappa shape index (κ2) is 10.9. The van der Waals surface area contributed by atoms with E-state index in [4.69, 9.17) is 9.72 Å². The van der Waals surface area contributed by atoms with E-state index in [0.29, 0.717) is 41.4 Å². The molecule has 0 saturated heterocycles. The van der Waals surface area contributed by atoms with E-state index in [9.17, 15) is 24.0 Å². The van der Waals surface area contributed by atoms with Gasteiger partial charge in [0.25, 0.3) is 5.91 Å². The molecule has 1 fully saturated rings. The predicted molar refractivity (Wildman–Crippen MR) is 161 cm³/mol. The van der Waals surface area contributed by atoms with Crippen LogP contribution in [-0.4, -0.2) is 84.6 Å². The van der Waals surface area contributed by atoms with E-state index in [1.807, 2.05) is 29.8 Å². The van der Waals surface area contributed by atoms with E-state index < -0.39 is 31.5 Å². The Balaban J connectivity index is 1.31. The Hall–Kier alpha value is -3.97. The summed E-state index contributed by atoms with van der Waals surface area (Å²) in [7, 11) is 0.280. The number of nitrogens with one attached hydrogen (secondary N) is 1. The molecule has 0 bridgehead atoms. The van der Waals surface area contributed by atoms with Crippen molar-refractivity contribution in [3.8, 4) is 11.5 Å². The lowest BCUT2D eigenvalue weighted by Crippen LogP contribution is -2.50. The van der Waals surface area contributed by atoms with E-state index in [2.05, 4.69) is 14.9 Å². The summed E-state index contributed by atoms with van der Waals surface area (Å²) in [5.74, 6) is 1.01. The largest absolute Gasteiger partial charge is 0.508 e. The van der Waals surface area contributed by atoms with Crippen molar-refractivity contribution in [1.82, 2.24) is 29.3 Å². The first-order chi connectivity index (χ1) is 20.4. The van der Waals surface area contributed by atoms with Gasteiger partial charge in [0.2, 0.25) is 0 Å². The fraction of sp³-hybridized carbons (Fsp3) is 0.467. The number of carbonyl (C=O) groups excluding carboxylic acids is 2. The second-order valence-electron chi connectivity index (χ2n) is 12.6. The highest BCUT2D eigenvalue weighted by Gasteiger charge is 2.31. The molecule has 226 valence electrons. The number of nitrogens with zero attached hydrogens (tertiary/aromatic N) is 5. The molecule has 0 unspecified atom stereocenters. The van der Waals surface area contributed by atoms with Gasteiger partial charge in [-0.3, -0.25) is 4.79 Å². The molecule has 1 aliphatic heterocycles. The van der Waals surface area contributed by atoms with Gasteiger partial charge in [-0.15, -0.1) is 0 Å². The zero-order valence-electron chi connectivity index (χ0n) is 24.8. The smallest absolute Gasteiger partial charge is 0.444 e. The molecule has 0 spiro atoms. The topological polar surface area (TPSA) is 135 Å². The number of alkyl halides is 1. The molecule has 2 aliphatic rings. The molecule has 13 heteroatoms. The Labute approximate surface area is 248 Å². The van der Waals surface area contributed by atoms with Crippen molar-refractivity contribution in [2.75, 3.05) is 19.8 Å². The first-order valence-electron chi connectivity index (χ1n) is 14.6.